The average molecular weight is 291 g/mol. The second-order valence-electron chi connectivity index (χ2n) is 4.99. The third kappa shape index (κ3) is 2.50. The number of hydrogen-bond acceptors (Lipinski definition) is 7. The number of fused-ring (bicyclic) bond motifs is 2. The Morgan fingerprint density at radius 1 is 1.45 bits per heavy atom. The lowest BCUT2D eigenvalue weighted by atomic mass is 9.85. The number of carboxylic acid groups (broad SMARTS) is 1. The van der Waals surface area contributed by atoms with Crippen LogP contribution in [0.3, 0.4) is 0 Å². The summed E-state index contributed by atoms with van der Waals surface area (Å²) in [5.74, 6) is -4.51. The highest BCUT2D eigenvalue weighted by Gasteiger charge is 2.58. The van der Waals surface area contributed by atoms with E-state index in [2.05, 4.69) is 5.32 Å². The first-order valence-electron chi connectivity index (χ1n) is 6.13. The number of carboxylic acids is 1. The summed E-state index contributed by atoms with van der Waals surface area (Å²) < 4.78 is 10.4. The van der Waals surface area contributed by atoms with Crippen molar-refractivity contribution in [2.75, 3.05) is 6.61 Å². The molecule has 2 aliphatic heterocycles. The number of carbonyl (C=O) groups is 2. The van der Waals surface area contributed by atoms with Crippen molar-refractivity contribution in [2.45, 2.75) is 49.6 Å². The molecular weight excluding hydrogens is 274 g/mol. The van der Waals surface area contributed by atoms with Crippen LogP contribution >= 0.6 is 0 Å². The van der Waals surface area contributed by atoms with E-state index in [-0.39, 0.29) is 0 Å². The van der Waals surface area contributed by atoms with E-state index in [9.17, 15) is 19.8 Å². The van der Waals surface area contributed by atoms with Crippen molar-refractivity contribution >= 4 is 11.9 Å². The number of ether oxygens (including phenoxy) is 2. The van der Waals surface area contributed by atoms with Gasteiger partial charge in [-0.1, -0.05) is 0 Å². The first-order chi connectivity index (χ1) is 9.28. The van der Waals surface area contributed by atoms with E-state index in [1.807, 2.05) is 0 Å². The number of aliphatic carboxylic acids is 1. The van der Waals surface area contributed by atoms with Crippen LogP contribution in [0.5, 0.6) is 0 Å². The van der Waals surface area contributed by atoms with Crippen LogP contribution in [-0.4, -0.2) is 75.2 Å². The summed E-state index contributed by atoms with van der Waals surface area (Å²) in [5, 5.41) is 40.5. The van der Waals surface area contributed by atoms with E-state index in [1.54, 1.807) is 0 Å². The molecule has 2 bridgehead atoms. The molecule has 0 spiro atoms. The molecule has 114 valence electrons. The van der Waals surface area contributed by atoms with Crippen LogP contribution in [0.1, 0.15) is 13.3 Å². The average Bonchev–Trinajstić information content (AvgIpc) is 2.35. The molecule has 1 unspecified atom stereocenters. The molecule has 0 aliphatic carbocycles. The second-order valence-corrected chi connectivity index (χ2v) is 4.99. The third-order valence-electron chi connectivity index (χ3n) is 3.51. The minimum absolute atomic E-state index is 0.410. The van der Waals surface area contributed by atoms with E-state index in [0.717, 1.165) is 0 Å². The monoisotopic (exact) mass is 291 g/mol. The highest BCUT2D eigenvalue weighted by Crippen LogP contribution is 2.36. The molecule has 0 saturated carbocycles. The van der Waals surface area contributed by atoms with Crippen LogP contribution in [0.15, 0.2) is 0 Å². The van der Waals surface area contributed by atoms with E-state index < -0.39 is 61.1 Å². The Morgan fingerprint density at radius 3 is 2.60 bits per heavy atom. The number of nitrogens with one attached hydrogen (secondary N) is 1. The molecule has 20 heavy (non-hydrogen) atoms. The number of carbonyl (C=O) groups excluding carboxylic acids is 1. The lowest BCUT2D eigenvalue weighted by Crippen LogP contribution is -2.72. The van der Waals surface area contributed by atoms with E-state index in [0.29, 0.717) is 0 Å². The first-order valence-corrected chi connectivity index (χ1v) is 6.13. The van der Waals surface area contributed by atoms with Crippen molar-refractivity contribution in [2.24, 2.45) is 0 Å². The van der Waals surface area contributed by atoms with Crippen LogP contribution in [0.2, 0.25) is 0 Å². The van der Waals surface area contributed by atoms with Crippen LogP contribution < -0.4 is 5.32 Å². The largest absolute Gasteiger partial charge is 0.477 e. The zero-order valence-corrected chi connectivity index (χ0v) is 10.7. The maximum absolute atomic E-state index is 11.2. The summed E-state index contributed by atoms with van der Waals surface area (Å²) in [4.78, 5) is 22.2. The Bertz CT molecular complexity index is 415. The Kier molecular flexibility index (Phi) is 3.98. The van der Waals surface area contributed by atoms with Crippen LogP contribution in [-0.2, 0) is 19.1 Å². The molecule has 2 aliphatic rings. The Morgan fingerprint density at radius 2 is 2.10 bits per heavy atom. The molecular formula is C11H17NO8. The zero-order chi connectivity index (χ0) is 15.1. The van der Waals surface area contributed by atoms with Gasteiger partial charge in [0.25, 0.3) is 5.79 Å². The van der Waals surface area contributed by atoms with E-state index >= 15 is 0 Å². The lowest BCUT2D eigenvalue weighted by molar-refractivity contribution is -0.330. The van der Waals surface area contributed by atoms with Gasteiger partial charge in [0.2, 0.25) is 5.91 Å². The number of hydrogen-bond donors (Lipinski definition) is 5. The predicted octanol–water partition coefficient (Wildman–Crippen LogP) is -2.83. The Balaban J connectivity index is 2.28. The number of amides is 1. The molecule has 2 heterocycles. The summed E-state index contributed by atoms with van der Waals surface area (Å²) >= 11 is 0. The first kappa shape index (κ1) is 15.1. The van der Waals surface area contributed by atoms with Crippen LogP contribution in [0.25, 0.3) is 0 Å². The Hall–Kier alpha value is -1.26. The van der Waals surface area contributed by atoms with Gasteiger partial charge in [0.15, 0.2) is 0 Å². The van der Waals surface area contributed by atoms with Crippen molar-refractivity contribution in [3.05, 3.63) is 0 Å². The SMILES string of the molecule is CC(=O)N[C@H]1[C@H]2OC(O)(C(=O)O)C[C@@H]1O[C@H](CO)[C@H]2O. The van der Waals surface area contributed by atoms with Crippen LogP contribution in [0.4, 0.5) is 0 Å². The van der Waals surface area contributed by atoms with Gasteiger partial charge < -0.3 is 35.2 Å². The van der Waals surface area contributed by atoms with Crippen molar-refractivity contribution in [1.82, 2.24) is 5.32 Å². The summed E-state index contributed by atoms with van der Waals surface area (Å²) in [6.07, 6.45) is -4.84. The van der Waals surface area contributed by atoms with Gasteiger partial charge in [-0.2, -0.15) is 0 Å². The lowest BCUT2D eigenvalue weighted by Gasteiger charge is -2.51. The molecule has 2 rings (SSSR count). The minimum Gasteiger partial charge on any atom is -0.477 e. The summed E-state index contributed by atoms with van der Waals surface area (Å²) in [5.41, 5.74) is 0. The van der Waals surface area contributed by atoms with E-state index in [4.69, 9.17) is 19.7 Å². The van der Waals surface area contributed by atoms with Crippen molar-refractivity contribution in [1.29, 1.82) is 0 Å². The van der Waals surface area contributed by atoms with Gasteiger partial charge in [0, 0.05) is 13.3 Å². The standard InChI is InChI=1S/C11H17NO8/c1-4(14)12-7-5-2-11(18,10(16)17)20-9(7)8(15)6(3-13)19-5/h5-9,13,15,18H,2-3H2,1H3,(H,12,14)(H,16,17)/t5-,6+,7+,8+,9+,11?/m0/s1. The van der Waals surface area contributed by atoms with Gasteiger partial charge in [-0.25, -0.2) is 4.79 Å². The van der Waals surface area contributed by atoms with Gasteiger partial charge in [0.1, 0.15) is 18.3 Å². The summed E-state index contributed by atoms with van der Waals surface area (Å²) in [6, 6.07) is -0.801. The molecule has 1 amide bonds. The molecule has 0 aromatic carbocycles. The smallest absolute Gasteiger partial charge is 0.364 e. The molecule has 5 N–H and O–H groups in total. The van der Waals surface area contributed by atoms with Crippen molar-refractivity contribution in [3.8, 4) is 0 Å². The molecule has 2 saturated heterocycles. The van der Waals surface area contributed by atoms with Crippen molar-refractivity contribution in [3.63, 3.8) is 0 Å². The highest BCUT2D eigenvalue weighted by molar-refractivity contribution is 5.76. The Labute approximate surface area is 114 Å². The fraction of sp³-hybridized carbons (Fsp3) is 0.818. The summed E-state index contributed by atoms with van der Waals surface area (Å²) in [7, 11) is 0. The zero-order valence-electron chi connectivity index (χ0n) is 10.7. The minimum atomic E-state index is -2.49. The van der Waals surface area contributed by atoms with Crippen LogP contribution in [0, 0.1) is 0 Å². The van der Waals surface area contributed by atoms with Crippen molar-refractivity contribution < 1.29 is 39.5 Å². The predicted molar refractivity (Wildman–Crippen MR) is 61.4 cm³/mol. The van der Waals surface area contributed by atoms with E-state index in [1.165, 1.54) is 6.92 Å². The molecule has 2 fully saturated rings. The molecule has 0 aromatic rings. The second kappa shape index (κ2) is 5.26. The van der Waals surface area contributed by atoms with Gasteiger partial charge in [0.05, 0.1) is 18.8 Å². The maximum atomic E-state index is 11.2. The van der Waals surface area contributed by atoms with Gasteiger partial charge in [-0.05, 0) is 0 Å². The highest BCUT2D eigenvalue weighted by atomic mass is 16.7. The fourth-order valence-electron chi connectivity index (χ4n) is 2.59. The molecule has 9 nitrogen and oxygen atoms in total. The fourth-order valence-corrected chi connectivity index (χ4v) is 2.59. The molecule has 0 aromatic heterocycles. The van der Waals surface area contributed by atoms with Gasteiger partial charge >= 0.3 is 5.97 Å². The number of rotatable bonds is 3. The van der Waals surface area contributed by atoms with Gasteiger partial charge in [-0.15, -0.1) is 0 Å². The maximum Gasteiger partial charge on any atom is 0.364 e. The molecule has 9 heteroatoms. The quantitative estimate of drug-likeness (QED) is 0.374. The number of aliphatic hydroxyl groups excluding tert-OH is 2. The third-order valence-corrected chi connectivity index (χ3v) is 3.51. The topological polar surface area (TPSA) is 146 Å². The number of aliphatic hydroxyl groups is 3. The van der Waals surface area contributed by atoms with Gasteiger partial charge in [-0.3, -0.25) is 4.79 Å². The molecule has 6 atom stereocenters. The molecule has 0 radical (unpaired) electrons. The summed E-state index contributed by atoms with van der Waals surface area (Å²) in [6.45, 7) is 0.763. The normalized spacial score (nSPS) is 43.9.